The molecular weight excluding hydrogens is 260 g/mol. The molecular formula is C15H17ClN2O. The average molecular weight is 277 g/mol. The Morgan fingerprint density at radius 3 is 2.74 bits per heavy atom. The van der Waals surface area contributed by atoms with Crippen LogP contribution in [0.1, 0.15) is 12.5 Å². The fraction of sp³-hybridized carbons (Fsp3) is 0.200. The molecule has 0 bridgehead atoms. The molecule has 0 heterocycles. The molecule has 0 aromatic heterocycles. The summed E-state index contributed by atoms with van der Waals surface area (Å²) in [7, 11) is 0. The molecule has 100 valence electrons. The smallest absolute Gasteiger partial charge is 0.144 e. The number of rotatable bonds is 5. The van der Waals surface area contributed by atoms with E-state index in [1.807, 2.05) is 49.4 Å². The lowest BCUT2D eigenvalue weighted by atomic mass is 10.2. The van der Waals surface area contributed by atoms with Gasteiger partial charge in [0.05, 0.1) is 12.3 Å². The highest BCUT2D eigenvalue weighted by atomic mass is 35.5. The Morgan fingerprint density at radius 1 is 1.21 bits per heavy atom. The van der Waals surface area contributed by atoms with Gasteiger partial charge in [-0.15, -0.1) is 0 Å². The summed E-state index contributed by atoms with van der Waals surface area (Å²) in [6, 6.07) is 13.4. The van der Waals surface area contributed by atoms with Crippen molar-refractivity contribution in [2.75, 3.05) is 17.7 Å². The van der Waals surface area contributed by atoms with Crippen LogP contribution >= 0.6 is 11.6 Å². The topological polar surface area (TPSA) is 47.3 Å². The maximum Gasteiger partial charge on any atom is 0.144 e. The number of benzene rings is 2. The van der Waals surface area contributed by atoms with Crippen LogP contribution in [0.2, 0.25) is 5.02 Å². The van der Waals surface area contributed by atoms with Crippen LogP contribution in [0.4, 0.5) is 11.4 Å². The van der Waals surface area contributed by atoms with Crippen molar-refractivity contribution in [2.45, 2.75) is 13.5 Å². The van der Waals surface area contributed by atoms with Gasteiger partial charge in [0.2, 0.25) is 0 Å². The fourth-order valence-corrected chi connectivity index (χ4v) is 1.97. The van der Waals surface area contributed by atoms with Gasteiger partial charge < -0.3 is 15.8 Å². The minimum Gasteiger partial charge on any atom is -0.492 e. The third kappa shape index (κ3) is 3.55. The van der Waals surface area contributed by atoms with E-state index >= 15 is 0 Å². The van der Waals surface area contributed by atoms with Crippen LogP contribution in [-0.2, 0) is 6.54 Å². The molecule has 0 amide bonds. The van der Waals surface area contributed by atoms with Crippen LogP contribution < -0.4 is 15.8 Å². The molecule has 2 rings (SSSR count). The van der Waals surface area contributed by atoms with Gasteiger partial charge in [-0.1, -0.05) is 29.8 Å². The van der Waals surface area contributed by atoms with Crippen molar-refractivity contribution in [1.82, 2.24) is 0 Å². The molecule has 0 unspecified atom stereocenters. The van der Waals surface area contributed by atoms with Crippen molar-refractivity contribution in [3.05, 3.63) is 53.1 Å². The fourth-order valence-electron chi connectivity index (χ4n) is 1.76. The van der Waals surface area contributed by atoms with E-state index in [2.05, 4.69) is 5.32 Å². The van der Waals surface area contributed by atoms with Crippen molar-refractivity contribution in [3.63, 3.8) is 0 Å². The van der Waals surface area contributed by atoms with Crippen LogP contribution in [0.3, 0.4) is 0 Å². The van der Waals surface area contributed by atoms with E-state index in [-0.39, 0.29) is 0 Å². The van der Waals surface area contributed by atoms with Crippen LogP contribution in [-0.4, -0.2) is 6.61 Å². The Hall–Kier alpha value is -1.87. The second-order valence-electron chi connectivity index (χ2n) is 4.13. The second-order valence-corrected chi connectivity index (χ2v) is 4.54. The third-order valence-electron chi connectivity index (χ3n) is 2.75. The molecule has 0 fully saturated rings. The molecule has 19 heavy (non-hydrogen) atoms. The van der Waals surface area contributed by atoms with Gasteiger partial charge in [-0.3, -0.25) is 0 Å². The summed E-state index contributed by atoms with van der Waals surface area (Å²) in [6.07, 6.45) is 0. The summed E-state index contributed by atoms with van der Waals surface area (Å²) in [5, 5.41) is 4.07. The summed E-state index contributed by atoms with van der Waals surface area (Å²) in [6.45, 7) is 3.19. The highest BCUT2D eigenvalue weighted by Crippen LogP contribution is 2.26. The molecule has 0 aliphatic rings. The predicted molar refractivity (Wildman–Crippen MR) is 80.8 cm³/mol. The van der Waals surface area contributed by atoms with E-state index in [9.17, 15) is 0 Å². The number of hydrogen-bond donors (Lipinski definition) is 2. The van der Waals surface area contributed by atoms with E-state index in [1.54, 1.807) is 0 Å². The maximum absolute atomic E-state index is 6.11. The van der Waals surface area contributed by atoms with Gasteiger partial charge in [0, 0.05) is 23.3 Å². The molecule has 0 aliphatic carbocycles. The molecule has 0 saturated carbocycles. The summed E-state index contributed by atoms with van der Waals surface area (Å²) >= 11 is 6.11. The van der Waals surface area contributed by atoms with Gasteiger partial charge in [-0.25, -0.2) is 0 Å². The van der Waals surface area contributed by atoms with Gasteiger partial charge in [0.1, 0.15) is 5.75 Å². The van der Waals surface area contributed by atoms with Gasteiger partial charge in [0.25, 0.3) is 0 Å². The van der Waals surface area contributed by atoms with Gasteiger partial charge in [-0.2, -0.15) is 0 Å². The van der Waals surface area contributed by atoms with Gasteiger partial charge >= 0.3 is 0 Å². The normalized spacial score (nSPS) is 10.2. The minimum atomic E-state index is 0.595. The largest absolute Gasteiger partial charge is 0.492 e. The number of nitrogens with two attached hydrogens (primary N) is 1. The SMILES string of the molecule is CCOc1cc(NCc2ccccc2Cl)ccc1N. The van der Waals surface area contributed by atoms with E-state index in [1.165, 1.54) is 0 Å². The standard InChI is InChI=1S/C15H17ClN2O/c1-2-19-15-9-12(7-8-14(15)17)18-10-11-5-3-4-6-13(11)16/h3-9,18H,2,10,17H2,1H3. The monoisotopic (exact) mass is 276 g/mol. The number of nitrogens with one attached hydrogen (secondary N) is 1. The molecule has 2 aromatic carbocycles. The number of ether oxygens (including phenoxy) is 1. The molecule has 4 heteroatoms. The Labute approximate surface area is 118 Å². The Balaban J connectivity index is 2.07. The van der Waals surface area contributed by atoms with Crippen molar-refractivity contribution in [1.29, 1.82) is 0 Å². The Morgan fingerprint density at radius 2 is 2.00 bits per heavy atom. The van der Waals surface area contributed by atoms with Crippen LogP contribution in [0, 0.1) is 0 Å². The summed E-state index contributed by atoms with van der Waals surface area (Å²) in [5.41, 5.74) is 8.49. The molecule has 3 nitrogen and oxygen atoms in total. The lowest BCUT2D eigenvalue weighted by molar-refractivity contribution is 0.342. The van der Waals surface area contributed by atoms with Gasteiger partial charge in [-0.05, 0) is 30.7 Å². The molecule has 0 atom stereocenters. The highest BCUT2D eigenvalue weighted by Gasteiger charge is 2.03. The predicted octanol–water partition coefficient (Wildman–Crippen LogP) is 3.93. The molecule has 0 spiro atoms. The molecule has 3 N–H and O–H groups in total. The molecule has 0 saturated heterocycles. The van der Waals surface area contributed by atoms with E-state index < -0.39 is 0 Å². The Bertz CT molecular complexity index is 558. The minimum absolute atomic E-state index is 0.595. The first-order chi connectivity index (χ1) is 9.20. The highest BCUT2D eigenvalue weighted by molar-refractivity contribution is 6.31. The zero-order valence-corrected chi connectivity index (χ0v) is 11.6. The van der Waals surface area contributed by atoms with Crippen LogP contribution in [0.25, 0.3) is 0 Å². The van der Waals surface area contributed by atoms with Crippen molar-refractivity contribution >= 4 is 23.0 Å². The van der Waals surface area contributed by atoms with Crippen molar-refractivity contribution < 1.29 is 4.74 Å². The van der Waals surface area contributed by atoms with E-state index in [4.69, 9.17) is 22.1 Å². The summed E-state index contributed by atoms with van der Waals surface area (Å²) in [4.78, 5) is 0. The summed E-state index contributed by atoms with van der Waals surface area (Å²) in [5.74, 6) is 0.701. The zero-order chi connectivity index (χ0) is 13.7. The zero-order valence-electron chi connectivity index (χ0n) is 10.8. The first-order valence-electron chi connectivity index (χ1n) is 6.20. The second kappa shape index (κ2) is 6.34. The Kier molecular flexibility index (Phi) is 4.53. The van der Waals surface area contributed by atoms with Crippen molar-refractivity contribution in [2.24, 2.45) is 0 Å². The average Bonchev–Trinajstić information content (AvgIpc) is 2.41. The van der Waals surface area contributed by atoms with Crippen LogP contribution in [0.15, 0.2) is 42.5 Å². The third-order valence-corrected chi connectivity index (χ3v) is 3.12. The maximum atomic E-state index is 6.11. The van der Waals surface area contributed by atoms with Crippen LogP contribution in [0.5, 0.6) is 5.75 Å². The van der Waals surface area contributed by atoms with E-state index in [0.29, 0.717) is 24.6 Å². The first-order valence-corrected chi connectivity index (χ1v) is 6.58. The number of halogens is 1. The molecule has 0 radical (unpaired) electrons. The first kappa shape index (κ1) is 13.6. The van der Waals surface area contributed by atoms with Gasteiger partial charge in [0.15, 0.2) is 0 Å². The lowest BCUT2D eigenvalue weighted by Gasteiger charge is -2.11. The lowest BCUT2D eigenvalue weighted by Crippen LogP contribution is -2.02. The number of anilines is 2. The van der Waals surface area contributed by atoms with Crippen molar-refractivity contribution in [3.8, 4) is 5.75 Å². The number of hydrogen-bond acceptors (Lipinski definition) is 3. The van der Waals surface area contributed by atoms with E-state index in [0.717, 1.165) is 16.3 Å². The summed E-state index contributed by atoms with van der Waals surface area (Å²) < 4.78 is 5.46. The molecule has 2 aromatic rings. The quantitative estimate of drug-likeness (QED) is 0.814. The molecule has 0 aliphatic heterocycles. The number of nitrogen functional groups attached to an aromatic ring is 1.